The van der Waals surface area contributed by atoms with E-state index in [0.717, 1.165) is 58.4 Å². The number of rotatable bonds is 5. The maximum Gasteiger partial charge on any atom is 0.408 e. The average molecular weight is 570 g/mol. The monoisotopic (exact) mass is 569 g/mol. The zero-order chi connectivity index (χ0) is 29.6. The second-order valence-corrected chi connectivity index (χ2v) is 11.9. The van der Waals surface area contributed by atoms with Gasteiger partial charge in [0.1, 0.15) is 11.1 Å². The fourth-order valence-electron chi connectivity index (χ4n) is 5.63. The molecule has 1 fully saturated rings. The topological polar surface area (TPSA) is 107 Å². The number of fused-ring (bicyclic) bond motifs is 3. The van der Waals surface area contributed by atoms with Crippen molar-refractivity contribution in [2.45, 2.75) is 51.2 Å². The smallest absolute Gasteiger partial charge is 0.408 e. The van der Waals surface area contributed by atoms with Gasteiger partial charge in [0.25, 0.3) is 0 Å². The third kappa shape index (κ3) is 4.97. The lowest BCUT2D eigenvalue weighted by Crippen LogP contribution is -2.52. The zero-order valence-electron chi connectivity index (χ0n) is 24.3. The van der Waals surface area contributed by atoms with Crippen LogP contribution < -0.4 is 5.32 Å². The molecule has 0 saturated heterocycles. The van der Waals surface area contributed by atoms with Crippen molar-refractivity contribution in [3.63, 3.8) is 0 Å². The summed E-state index contributed by atoms with van der Waals surface area (Å²) in [6.45, 7) is 5.62. The van der Waals surface area contributed by atoms with E-state index < -0.39 is 17.2 Å². The molecule has 9 heteroatoms. The number of pyridine rings is 2. The molecule has 1 N–H and O–H groups in total. The largest absolute Gasteiger partial charge is 0.444 e. The van der Waals surface area contributed by atoms with Crippen molar-refractivity contribution in [2.75, 3.05) is 0 Å². The minimum Gasteiger partial charge on any atom is -0.444 e. The predicted octanol–water partition coefficient (Wildman–Crippen LogP) is 6.97. The number of aromatic nitrogens is 6. The molecule has 7 rings (SSSR count). The van der Waals surface area contributed by atoms with E-state index in [0.29, 0.717) is 17.1 Å². The van der Waals surface area contributed by atoms with Gasteiger partial charge in [-0.2, -0.15) is 0 Å². The van der Waals surface area contributed by atoms with Gasteiger partial charge in [-0.05, 0) is 69.9 Å². The SMILES string of the molecule is CC(C)(C)OC(=O)NC1(c2ccc(-c3nc4c(ccc5nnc(-c6ccncc6)n54)nc3-c3ccccc3)cc2)CCC1. The number of nitrogens with one attached hydrogen (secondary N) is 1. The molecule has 1 aliphatic rings. The van der Waals surface area contributed by atoms with Crippen molar-refractivity contribution in [1.29, 1.82) is 0 Å². The Kier molecular flexibility index (Phi) is 6.38. The number of ether oxygens (including phenoxy) is 1. The van der Waals surface area contributed by atoms with Crippen LogP contribution in [0.1, 0.15) is 45.6 Å². The summed E-state index contributed by atoms with van der Waals surface area (Å²) in [4.78, 5) is 27.2. The Labute approximate surface area is 249 Å². The summed E-state index contributed by atoms with van der Waals surface area (Å²) >= 11 is 0. The van der Waals surface area contributed by atoms with Crippen LogP contribution in [0.3, 0.4) is 0 Å². The number of hydrogen-bond acceptors (Lipinski definition) is 7. The molecule has 214 valence electrons. The van der Waals surface area contributed by atoms with Crippen molar-refractivity contribution in [3.05, 3.63) is 96.8 Å². The van der Waals surface area contributed by atoms with Gasteiger partial charge in [-0.25, -0.2) is 14.8 Å². The zero-order valence-corrected chi connectivity index (χ0v) is 24.3. The molecule has 4 aromatic heterocycles. The Morgan fingerprint density at radius 3 is 2.19 bits per heavy atom. The first kappa shape index (κ1) is 26.7. The molecular weight excluding hydrogens is 538 g/mol. The van der Waals surface area contributed by atoms with Crippen LogP contribution in [0.25, 0.3) is 50.7 Å². The third-order valence-electron chi connectivity index (χ3n) is 7.84. The van der Waals surface area contributed by atoms with Crippen LogP contribution in [0.15, 0.2) is 91.3 Å². The van der Waals surface area contributed by atoms with Crippen molar-refractivity contribution >= 4 is 22.9 Å². The van der Waals surface area contributed by atoms with E-state index in [9.17, 15) is 4.79 Å². The van der Waals surface area contributed by atoms with Crippen molar-refractivity contribution < 1.29 is 9.53 Å². The van der Waals surface area contributed by atoms with E-state index in [2.05, 4.69) is 44.8 Å². The van der Waals surface area contributed by atoms with Crippen molar-refractivity contribution in [3.8, 4) is 33.9 Å². The van der Waals surface area contributed by atoms with E-state index in [1.165, 1.54) is 0 Å². The van der Waals surface area contributed by atoms with Gasteiger partial charge in [0.2, 0.25) is 0 Å². The van der Waals surface area contributed by atoms with Gasteiger partial charge in [0.05, 0.1) is 16.9 Å². The fourth-order valence-corrected chi connectivity index (χ4v) is 5.63. The number of benzene rings is 2. The van der Waals surface area contributed by atoms with E-state index in [1.807, 2.05) is 79.8 Å². The molecule has 6 aromatic rings. The molecule has 2 aromatic carbocycles. The standard InChI is InChI=1S/C34H31N7O2/c1-33(2,3)43-32(42)38-34(18-7-19-34)25-12-10-23(11-13-25)29-28(22-8-5-4-6-9-22)36-26-14-15-27-39-40-30(41(27)31(26)37-29)24-16-20-35-21-17-24/h4-6,8-17,20-21H,7,18-19H2,1-3H3,(H,38,42). The number of alkyl carbamates (subject to hydrolysis) is 1. The quantitative estimate of drug-likeness (QED) is 0.239. The summed E-state index contributed by atoms with van der Waals surface area (Å²) in [5.41, 5.74) is 6.42. The van der Waals surface area contributed by atoms with Gasteiger partial charge in [0.15, 0.2) is 17.1 Å². The first-order valence-corrected chi connectivity index (χ1v) is 14.4. The van der Waals surface area contributed by atoms with E-state index in [-0.39, 0.29) is 0 Å². The second kappa shape index (κ2) is 10.3. The number of carbonyl (C=O) groups excluding carboxylic acids is 1. The van der Waals surface area contributed by atoms with Gasteiger partial charge in [0, 0.05) is 29.1 Å². The van der Waals surface area contributed by atoms with Crippen LogP contribution in [0.4, 0.5) is 4.79 Å². The number of carbonyl (C=O) groups is 1. The van der Waals surface area contributed by atoms with Crippen LogP contribution in [-0.2, 0) is 10.3 Å². The van der Waals surface area contributed by atoms with Crippen LogP contribution in [-0.4, -0.2) is 41.2 Å². The first-order chi connectivity index (χ1) is 20.8. The number of hydrogen-bond donors (Lipinski definition) is 1. The highest BCUT2D eigenvalue weighted by Gasteiger charge is 2.41. The van der Waals surface area contributed by atoms with Gasteiger partial charge in [-0.15, -0.1) is 10.2 Å². The lowest BCUT2D eigenvalue weighted by atomic mass is 9.71. The second-order valence-electron chi connectivity index (χ2n) is 11.9. The fraction of sp³-hybridized carbons (Fsp3) is 0.235. The summed E-state index contributed by atoms with van der Waals surface area (Å²) < 4.78 is 7.52. The Morgan fingerprint density at radius 2 is 1.51 bits per heavy atom. The molecule has 0 unspecified atom stereocenters. The molecule has 0 radical (unpaired) electrons. The lowest BCUT2D eigenvalue weighted by molar-refractivity contribution is 0.0377. The third-order valence-corrected chi connectivity index (χ3v) is 7.84. The van der Waals surface area contributed by atoms with Gasteiger partial charge < -0.3 is 10.1 Å². The Balaban J connectivity index is 1.35. The van der Waals surface area contributed by atoms with Crippen LogP contribution in [0.5, 0.6) is 0 Å². The Morgan fingerprint density at radius 1 is 0.814 bits per heavy atom. The van der Waals surface area contributed by atoms with Gasteiger partial charge in [-0.3, -0.25) is 9.38 Å². The summed E-state index contributed by atoms with van der Waals surface area (Å²) in [6, 6.07) is 26.0. The maximum atomic E-state index is 12.7. The predicted molar refractivity (Wildman–Crippen MR) is 165 cm³/mol. The molecule has 0 spiro atoms. The lowest BCUT2D eigenvalue weighted by Gasteiger charge is -2.43. The average Bonchev–Trinajstić information content (AvgIpc) is 3.43. The number of amides is 1. The highest BCUT2D eigenvalue weighted by molar-refractivity contribution is 5.87. The van der Waals surface area contributed by atoms with Crippen molar-refractivity contribution in [2.24, 2.45) is 0 Å². The molecule has 43 heavy (non-hydrogen) atoms. The molecule has 0 aliphatic heterocycles. The van der Waals surface area contributed by atoms with E-state index >= 15 is 0 Å². The molecule has 9 nitrogen and oxygen atoms in total. The highest BCUT2D eigenvalue weighted by atomic mass is 16.6. The molecular formula is C34H31N7O2. The van der Waals surface area contributed by atoms with Crippen LogP contribution in [0.2, 0.25) is 0 Å². The Bertz CT molecular complexity index is 1940. The van der Waals surface area contributed by atoms with E-state index in [4.69, 9.17) is 14.7 Å². The molecule has 1 saturated carbocycles. The molecule has 0 bridgehead atoms. The molecule has 1 amide bonds. The first-order valence-electron chi connectivity index (χ1n) is 14.4. The number of nitrogens with zero attached hydrogens (tertiary/aromatic N) is 6. The molecule has 1 aliphatic carbocycles. The minimum absolute atomic E-state index is 0.397. The normalized spacial score (nSPS) is 14.4. The summed E-state index contributed by atoms with van der Waals surface area (Å²) in [5.74, 6) is 0.672. The van der Waals surface area contributed by atoms with Crippen LogP contribution >= 0.6 is 0 Å². The minimum atomic E-state index is -0.561. The maximum absolute atomic E-state index is 12.7. The Hall–Kier alpha value is -5.18. The summed E-state index contributed by atoms with van der Waals surface area (Å²) in [5, 5.41) is 12.0. The summed E-state index contributed by atoms with van der Waals surface area (Å²) in [7, 11) is 0. The van der Waals surface area contributed by atoms with Crippen LogP contribution in [0, 0.1) is 0 Å². The van der Waals surface area contributed by atoms with Gasteiger partial charge >= 0.3 is 6.09 Å². The highest BCUT2D eigenvalue weighted by Crippen LogP contribution is 2.42. The van der Waals surface area contributed by atoms with E-state index in [1.54, 1.807) is 12.4 Å². The van der Waals surface area contributed by atoms with Crippen molar-refractivity contribution in [1.82, 2.24) is 34.9 Å². The van der Waals surface area contributed by atoms with Gasteiger partial charge in [-0.1, -0.05) is 54.6 Å². The summed E-state index contributed by atoms with van der Waals surface area (Å²) in [6.07, 6.45) is 5.84. The molecule has 4 heterocycles. The molecule has 0 atom stereocenters.